The van der Waals surface area contributed by atoms with Crippen LogP contribution in [0.1, 0.15) is 19.3 Å². The molecule has 0 saturated carbocycles. The van der Waals surface area contributed by atoms with Crippen LogP contribution in [0.5, 0.6) is 0 Å². The molecule has 1 aliphatic rings. The van der Waals surface area contributed by atoms with Crippen molar-refractivity contribution in [3.8, 4) is 0 Å². The van der Waals surface area contributed by atoms with Gasteiger partial charge in [-0.3, -0.25) is 14.0 Å². The van der Waals surface area contributed by atoms with Crippen molar-refractivity contribution in [3.63, 3.8) is 0 Å². The molecule has 1 rings (SSSR count). The summed E-state index contributed by atoms with van der Waals surface area (Å²) in [4.78, 5) is 23.1. The highest BCUT2D eigenvalue weighted by Crippen LogP contribution is 2.17. The molecule has 1 N–H and O–H groups in total. The van der Waals surface area contributed by atoms with Gasteiger partial charge in [-0.15, -0.1) is 0 Å². The third-order valence-electron chi connectivity index (χ3n) is 2.41. The summed E-state index contributed by atoms with van der Waals surface area (Å²) in [5.74, 6) is -1.20. The van der Waals surface area contributed by atoms with Crippen LogP contribution in [-0.2, 0) is 9.59 Å². The molecule has 1 amide bonds. The normalized spacial score (nSPS) is 21.2. The van der Waals surface area contributed by atoms with Gasteiger partial charge in [-0.25, -0.2) is 0 Å². The number of hydrogen-bond acceptors (Lipinski definition) is 2. The van der Waals surface area contributed by atoms with Gasteiger partial charge in [0.25, 0.3) is 0 Å². The zero-order valence-electron chi connectivity index (χ0n) is 7.91. The van der Waals surface area contributed by atoms with E-state index >= 15 is 0 Å². The van der Waals surface area contributed by atoms with Crippen molar-refractivity contribution in [2.45, 2.75) is 19.3 Å². The number of rotatable bonds is 4. The fourth-order valence-electron chi connectivity index (χ4n) is 1.56. The van der Waals surface area contributed by atoms with E-state index in [-0.39, 0.29) is 24.7 Å². The topological polar surface area (TPSA) is 57.6 Å². The van der Waals surface area contributed by atoms with Crippen LogP contribution >= 0.6 is 0 Å². The second-order valence-corrected chi connectivity index (χ2v) is 3.54. The van der Waals surface area contributed by atoms with Gasteiger partial charge in [0.05, 0.1) is 13.1 Å². The summed E-state index contributed by atoms with van der Waals surface area (Å²) in [5.41, 5.74) is 0. The maximum absolute atomic E-state index is 12.2. The molecule has 5 heteroatoms. The Hall–Kier alpha value is -1.13. The predicted molar refractivity (Wildman–Crippen MR) is 47.5 cm³/mol. The number of alkyl halides is 1. The molecule has 80 valence electrons. The third kappa shape index (κ3) is 2.97. The van der Waals surface area contributed by atoms with E-state index in [0.29, 0.717) is 19.5 Å². The molecule has 0 radical (unpaired) electrons. The number of nitrogens with zero attached hydrogens (tertiary/aromatic N) is 1. The van der Waals surface area contributed by atoms with Gasteiger partial charge >= 0.3 is 5.97 Å². The molecular weight excluding hydrogens is 189 g/mol. The number of amides is 1. The lowest BCUT2D eigenvalue weighted by Gasteiger charge is -2.14. The zero-order chi connectivity index (χ0) is 10.6. The van der Waals surface area contributed by atoms with Crippen molar-refractivity contribution in [2.24, 2.45) is 5.92 Å². The van der Waals surface area contributed by atoms with E-state index in [1.165, 1.54) is 0 Å². The van der Waals surface area contributed by atoms with Gasteiger partial charge in [-0.1, -0.05) is 0 Å². The van der Waals surface area contributed by atoms with Gasteiger partial charge in [-0.05, 0) is 6.42 Å². The Kier molecular flexibility index (Phi) is 3.85. The van der Waals surface area contributed by atoms with E-state index < -0.39 is 12.6 Å². The first-order valence-electron chi connectivity index (χ1n) is 4.69. The van der Waals surface area contributed by atoms with E-state index in [1.54, 1.807) is 4.90 Å². The Labute approximate surface area is 81.7 Å². The molecule has 1 fully saturated rings. The minimum atomic E-state index is -0.973. The Bertz CT molecular complexity index is 232. The second-order valence-electron chi connectivity index (χ2n) is 3.54. The zero-order valence-corrected chi connectivity index (χ0v) is 7.91. The average molecular weight is 203 g/mol. The summed E-state index contributed by atoms with van der Waals surface area (Å²) in [5, 5.41) is 8.37. The number of likely N-dealkylation sites (tertiary alicyclic amines) is 1. The maximum Gasteiger partial charge on any atom is 0.303 e. The summed E-state index contributed by atoms with van der Waals surface area (Å²) < 4.78 is 12.2. The smallest absolute Gasteiger partial charge is 0.303 e. The van der Waals surface area contributed by atoms with Crippen LogP contribution in [0.25, 0.3) is 0 Å². The van der Waals surface area contributed by atoms with Gasteiger partial charge < -0.3 is 10.0 Å². The highest BCUT2D eigenvalue weighted by molar-refractivity contribution is 5.80. The van der Waals surface area contributed by atoms with Gasteiger partial charge in [0, 0.05) is 25.4 Å². The predicted octanol–water partition coefficient (Wildman–Crippen LogP) is 0.669. The number of carboxylic acid groups (broad SMARTS) is 1. The number of carbonyl (C=O) groups is 2. The van der Waals surface area contributed by atoms with E-state index in [1.807, 2.05) is 0 Å². The monoisotopic (exact) mass is 203 g/mol. The fraction of sp³-hybridized carbons (Fsp3) is 0.778. The Morgan fingerprint density at radius 1 is 1.43 bits per heavy atom. The molecule has 0 aromatic carbocycles. The molecule has 0 aromatic rings. The molecule has 0 aromatic heterocycles. The van der Waals surface area contributed by atoms with Crippen molar-refractivity contribution in [1.82, 2.24) is 4.90 Å². The molecule has 14 heavy (non-hydrogen) atoms. The van der Waals surface area contributed by atoms with Crippen LogP contribution in [0.4, 0.5) is 4.39 Å². The van der Waals surface area contributed by atoms with Crippen molar-refractivity contribution < 1.29 is 19.1 Å². The fourth-order valence-corrected chi connectivity index (χ4v) is 1.56. The number of carbonyl (C=O) groups excluding carboxylic acids is 1. The summed E-state index contributed by atoms with van der Waals surface area (Å²) >= 11 is 0. The highest BCUT2D eigenvalue weighted by Gasteiger charge is 2.25. The lowest BCUT2D eigenvalue weighted by Crippen LogP contribution is -2.29. The van der Waals surface area contributed by atoms with Gasteiger partial charge in [0.2, 0.25) is 5.91 Å². The van der Waals surface area contributed by atoms with E-state index in [9.17, 15) is 14.0 Å². The minimum Gasteiger partial charge on any atom is -0.481 e. The molecule has 1 atom stereocenters. The molecular formula is C9H14FNO3. The summed E-state index contributed by atoms with van der Waals surface area (Å²) in [7, 11) is 0. The van der Waals surface area contributed by atoms with E-state index in [4.69, 9.17) is 5.11 Å². The van der Waals surface area contributed by atoms with Crippen molar-refractivity contribution >= 4 is 11.9 Å². The average Bonchev–Trinajstić information content (AvgIpc) is 2.62. The SMILES string of the molecule is O=C(O)CCC(=O)N1CC[C@H](CF)C1. The minimum absolute atomic E-state index is 0.0222. The molecule has 0 aliphatic carbocycles. The van der Waals surface area contributed by atoms with E-state index in [2.05, 4.69) is 0 Å². The first-order chi connectivity index (χ1) is 6.63. The summed E-state index contributed by atoms with van der Waals surface area (Å²) in [6, 6.07) is 0. The first kappa shape index (κ1) is 10.9. The second kappa shape index (κ2) is 4.93. The lowest BCUT2D eigenvalue weighted by molar-refractivity contribution is -0.140. The summed E-state index contributed by atoms with van der Waals surface area (Å²) in [6.45, 7) is 0.602. The van der Waals surface area contributed by atoms with Gasteiger partial charge in [0.15, 0.2) is 0 Å². The molecule has 0 bridgehead atoms. The van der Waals surface area contributed by atoms with Crippen molar-refractivity contribution in [1.29, 1.82) is 0 Å². The maximum atomic E-state index is 12.2. The van der Waals surface area contributed by atoms with Crippen LogP contribution < -0.4 is 0 Å². The standard InChI is InChI=1S/C9H14FNO3/c10-5-7-3-4-11(6-7)8(12)1-2-9(13)14/h7H,1-6H2,(H,13,14)/t7-/m1/s1. The van der Waals surface area contributed by atoms with Crippen LogP contribution in [0.2, 0.25) is 0 Å². The number of carboxylic acids is 1. The Balaban J connectivity index is 2.28. The largest absolute Gasteiger partial charge is 0.481 e. The van der Waals surface area contributed by atoms with Gasteiger partial charge in [-0.2, -0.15) is 0 Å². The van der Waals surface area contributed by atoms with Crippen LogP contribution in [0.3, 0.4) is 0 Å². The van der Waals surface area contributed by atoms with E-state index in [0.717, 1.165) is 0 Å². The van der Waals surface area contributed by atoms with Gasteiger partial charge in [0.1, 0.15) is 0 Å². The molecule has 1 heterocycles. The quantitative estimate of drug-likeness (QED) is 0.730. The van der Waals surface area contributed by atoms with Crippen LogP contribution in [-0.4, -0.2) is 41.6 Å². The number of aliphatic carboxylic acids is 1. The summed E-state index contributed by atoms with van der Waals surface area (Å²) in [6.07, 6.45) is 0.569. The van der Waals surface area contributed by atoms with Crippen molar-refractivity contribution in [2.75, 3.05) is 19.8 Å². The van der Waals surface area contributed by atoms with Crippen molar-refractivity contribution in [3.05, 3.63) is 0 Å². The molecule has 4 nitrogen and oxygen atoms in total. The molecule has 1 saturated heterocycles. The van der Waals surface area contributed by atoms with Crippen LogP contribution in [0, 0.1) is 5.92 Å². The molecule has 1 aliphatic heterocycles. The number of hydrogen-bond donors (Lipinski definition) is 1. The lowest BCUT2D eigenvalue weighted by atomic mass is 10.1. The number of halogens is 1. The highest BCUT2D eigenvalue weighted by atomic mass is 19.1. The molecule has 0 unspecified atom stereocenters. The first-order valence-corrected chi connectivity index (χ1v) is 4.69. The third-order valence-corrected chi connectivity index (χ3v) is 2.41. The Morgan fingerprint density at radius 2 is 2.14 bits per heavy atom. The van der Waals surface area contributed by atoms with Crippen LogP contribution in [0.15, 0.2) is 0 Å². The Morgan fingerprint density at radius 3 is 2.64 bits per heavy atom. The molecule has 0 spiro atoms.